The molecule has 0 saturated heterocycles. The maximum atomic E-state index is 13.9. The number of esters is 1. The van der Waals surface area contributed by atoms with Gasteiger partial charge >= 0.3 is 5.97 Å². The summed E-state index contributed by atoms with van der Waals surface area (Å²) in [5, 5.41) is 2.33. The van der Waals surface area contributed by atoms with Crippen molar-refractivity contribution in [2.75, 3.05) is 4.90 Å². The van der Waals surface area contributed by atoms with E-state index in [-0.39, 0.29) is 11.9 Å². The largest absolute Gasteiger partial charge is 0.451 e. The molecule has 32 heavy (non-hydrogen) atoms. The molecule has 0 unspecified atom stereocenters. The molecule has 2 amide bonds. The second-order valence-corrected chi connectivity index (χ2v) is 8.26. The number of hydrogen-bond donors (Lipinski definition) is 1. The van der Waals surface area contributed by atoms with E-state index in [9.17, 15) is 23.2 Å². The van der Waals surface area contributed by atoms with Gasteiger partial charge in [-0.2, -0.15) is 0 Å². The highest BCUT2D eigenvalue weighted by Crippen LogP contribution is 2.32. The number of carbonyl (C=O) groups is 3. The van der Waals surface area contributed by atoms with Crippen LogP contribution in [0.2, 0.25) is 0 Å². The molecule has 0 fully saturated rings. The first kappa shape index (κ1) is 23.4. The number of rotatable bonds is 6. The molecular weight excluding hydrogens is 418 g/mol. The minimum absolute atomic E-state index is 0.0920. The first-order chi connectivity index (χ1) is 15.1. The van der Waals surface area contributed by atoms with Gasteiger partial charge in [-0.05, 0) is 49.9 Å². The number of carbonyl (C=O) groups excluding carboxylic acids is 3. The number of nitrogens with zero attached hydrogens (tertiary/aromatic N) is 1. The van der Waals surface area contributed by atoms with Crippen LogP contribution in [0.3, 0.4) is 0 Å². The fourth-order valence-corrected chi connectivity index (χ4v) is 3.82. The lowest BCUT2D eigenvalue weighted by Gasteiger charge is -2.28. The van der Waals surface area contributed by atoms with Crippen LogP contribution < -0.4 is 10.2 Å². The summed E-state index contributed by atoms with van der Waals surface area (Å²) in [6, 6.07) is 9.28. The van der Waals surface area contributed by atoms with Gasteiger partial charge in [0.25, 0.3) is 11.8 Å². The second-order valence-electron chi connectivity index (χ2n) is 8.26. The summed E-state index contributed by atoms with van der Waals surface area (Å²) in [5.41, 5.74) is 1.03. The topological polar surface area (TPSA) is 75.7 Å². The number of benzene rings is 2. The van der Waals surface area contributed by atoms with Crippen molar-refractivity contribution in [2.45, 2.75) is 52.3 Å². The van der Waals surface area contributed by atoms with E-state index in [4.69, 9.17) is 4.74 Å². The van der Waals surface area contributed by atoms with Crippen LogP contribution in [0, 0.1) is 17.6 Å². The summed E-state index contributed by atoms with van der Waals surface area (Å²) < 4.78 is 33.2. The molecule has 1 N–H and O–H groups in total. The average molecular weight is 444 g/mol. The maximum Gasteiger partial charge on any atom is 0.329 e. The summed E-state index contributed by atoms with van der Waals surface area (Å²) in [6.07, 6.45) is -0.416. The van der Waals surface area contributed by atoms with Crippen molar-refractivity contribution in [2.24, 2.45) is 5.92 Å². The fraction of sp³-hybridized carbons (Fsp3) is 0.375. The molecule has 6 nitrogen and oxygen atoms in total. The summed E-state index contributed by atoms with van der Waals surface area (Å²) in [6.45, 7) is 6.67. The van der Waals surface area contributed by atoms with Crippen molar-refractivity contribution in [3.05, 3.63) is 65.2 Å². The number of hydrogen-bond acceptors (Lipinski definition) is 4. The van der Waals surface area contributed by atoms with E-state index < -0.39 is 47.1 Å². The lowest BCUT2D eigenvalue weighted by molar-refractivity contribution is -0.156. The number of para-hydroxylation sites is 1. The molecule has 0 spiro atoms. The number of halogens is 2. The van der Waals surface area contributed by atoms with Crippen molar-refractivity contribution >= 4 is 23.5 Å². The van der Waals surface area contributed by atoms with Gasteiger partial charge in [0.1, 0.15) is 23.2 Å². The van der Waals surface area contributed by atoms with Gasteiger partial charge < -0.3 is 15.0 Å². The molecule has 8 heteroatoms. The molecule has 3 rings (SSSR count). The van der Waals surface area contributed by atoms with Crippen molar-refractivity contribution in [3.8, 4) is 0 Å². The van der Waals surface area contributed by atoms with Gasteiger partial charge in [0.15, 0.2) is 6.10 Å². The van der Waals surface area contributed by atoms with E-state index in [0.29, 0.717) is 6.42 Å². The minimum atomic E-state index is -1.19. The summed E-state index contributed by atoms with van der Waals surface area (Å²) in [4.78, 5) is 39.9. The van der Waals surface area contributed by atoms with Gasteiger partial charge in [0.05, 0.1) is 0 Å². The van der Waals surface area contributed by atoms with E-state index in [0.717, 1.165) is 29.4 Å². The molecule has 0 saturated carbocycles. The number of fused-ring (bicyclic) bond motifs is 1. The third-order valence-corrected chi connectivity index (χ3v) is 5.48. The van der Waals surface area contributed by atoms with Crippen LogP contribution in [0.1, 0.15) is 43.6 Å². The first-order valence-electron chi connectivity index (χ1n) is 10.5. The molecular formula is C24H26F2N2O4. The van der Waals surface area contributed by atoms with E-state index >= 15 is 0 Å². The highest BCUT2D eigenvalue weighted by molar-refractivity contribution is 6.01. The van der Waals surface area contributed by atoms with Crippen LogP contribution in [0.5, 0.6) is 0 Å². The third-order valence-electron chi connectivity index (χ3n) is 5.48. The van der Waals surface area contributed by atoms with Gasteiger partial charge in [0, 0.05) is 11.7 Å². The van der Waals surface area contributed by atoms with Gasteiger partial charge in [-0.3, -0.25) is 9.59 Å². The first-order valence-corrected chi connectivity index (χ1v) is 10.5. The summed E-state index contributed by atoms with van der Waals surface area (Å²) >= 11 is 0. The Hall–Kier alpha value is -3.29. The van der Waals surface area contributed by atoms with Gasteiger partial charge in [0.2, 0.25) is 0 Å². The lowest BCUT2D eigenvalue weighted by atomic mass is 10.0. The molecule has 1 heterocycles. The van der Waals surface area contributed by atoms with Crippen LogP contribution in [0.15, 0.2) is 42.5 Å². The highest BCUT2D eigenvalue weighted by atomic mass is 19.1. The Morgan fingerprint density at radius 2 is 1.66 bits per heavy atom. The van der Waals surface area contributed by atoms with E-state index in [2.05, 4.69) is 5.32 Å². The number of anilines is 1. The van der Waals surface area contributed by atoms with Crippen LogP contribution in [0.4, 0.5) is 14.5 Å². The van der Waals surface area contributed by atoms with E-state index in [1.54, 1.807) is 18.7 Å². The standard InChI is InChI=1S/C24H26F2N2O4/c1-13(2)21(27-22(29)20-17(25)9-7-10-18(20)26)24(31)32-15(4)23(30)28-14(3)12-16-8-5-6-11-19(16)28/h5-11,13-15,21H,12H2,1-4H3,(H,27,29)/t14-,15-,21+/m1/s1. The molecule has 1 aliphatic heterocycles. The Morgan fingerprint density at radius 3 is 2.28 bits per heavy atom. The molecule has 2 aromatic carbocycles. The van der Waals surface area contributed by atoms with Crippen LogP contribution >= 0.6 is 0 Å². The molecule has 0 aromatic heterocycles. The molecule has 0 aliphatic carbocycles. The summed E-state index contributed by atoms with van der Waals surface area (Å²) in [5.74, 6) is -4.84. The predicted molar refractivity (Wildman–Crippen MR) is 115 cm³/mol. The van der Waals surface area contributed by atoms with Crippen LogP contribution in [-0.2, 0) is 20.7 Å². The van der Waals surface area contributed by atoms with Crippen molar-refractivity contribution < 1.29 is 27.9 Å². The molecule has 1 aliphatic rings. The Balaban J connectivity index is 1.72. The maximum absolute atomic E-state index is 13.9. The zero-order valence-electron chi connectivity index (χ0n) is 18.4. The highest BCUT2D eigenvalue weighted by Gasteiger charge is 2.36. The zero-order valence-corrected chi connectivity index (χ0v) is 18.4. The molecule has 170 valence electrons. The van der Waals surface area contributed by atoms with Crippen LogP contribution in [-0.4, -0.2) is 36.0 Å². The van der Waals surface area contributed by atoms with Gasteiger partial charge in [-0.25, -0.2) is 13.6 Å². The number of nitrogens with one attached hydrogen (secondary N) is 1. The van der Waals surface area contributed by atoms with E-state index in [1.165, 1.54) is 6.92 Å². The summed E-state index contributed by atoms with van der Waals surface area (Å²) in [7, 11) is 0. The normalized spacial score (nSPS) is 17.0. The molecule has 2 aromatic rings. The van der Waals surface area contributed by atoms with Gasteiger partial charge in [-0.15, -0.1) is 0 Å². The van der Waals surface area contributed by atoms with Gasteiger partial charge in [-0.1, -0.05) is 38.1 Å². The smallest absolute Gasteiger partial charge is 0.329 e. The van der Waals surface area contributed by atoms with Crippen LogP contribution in [0.25, 0.3) is 0 Å². The Bertz CT molecular complexity index is 1020. The predicted octanol–water partition coefficient (Wildman–Crippen LogP) is 3.63. The zero-order chi connectivity index (χ0) is 23.6. The monoisotopic (exact) mass is 444 g/mol. The average Bonchev–Trinajstić information content (AvgIpc) is 3.06. The second kappa shape index (κ2) is 9.46. The fourth-order valence-electron chi connectivity index (χ4n) is 3.82. The molecule has 3 atom stereocenters. The molecule has 0 bridgehead atoms. The van der Waals surface area contributed by atoms with Crippen molar-refractivity contribution in [3.63, 3.8) is 0 Å². The Kier molecular flexibility index (Phi) is 6.91. The van der Waals surface area contributed by atoms with Crippen molar-refractivity contribution in [1.29, 1.82) is 0 Å². The lowest BCUT2D eigenvalue weighted by Crippen LogP contribution is -2.49. The van der Waals surface area contributed by atoms with E-state index in [1.807, 2.05) is 31.2 Å². The Labute approximate surface area is 185 Å². The minimum Gasteiger partial charge on any atom is -0.451 e. The Morgan fingerprint density at radius 1 is 1.03 bits per heavy atom. The molecule has 0 radical (unpaired) electrons. The van der Waals surface area contributed by atoms with Crippen molar-refractivity contribution in [1.82, 2.24) is 5.32 Å². The number of ether oxygens (including phenoxy) is 1. The third kappa shape index (κ3) is 4.64. The quantitative estimate of drug-likeness (QED) is 0.691. The SMILES string of the molecule is CC(C)[C@H](NC(=O)c1c(F)cccc1F)C(=O)O[C@H](C)C(=O)N1c2ccccc2C[C@H]1C. The number of amides is 2.